The standard InChI is InChI=1S/C12H18N2O2S/c1-3-4-5-9-14(2)17(15,16)12-8-6-7-11(13)10-12/h3,6-8,10H,1,4-5,9,13H2,2H3. The fraction of sp³-hybridized carbons (Fsp3) is 0.333. The van der Waals surface area contributed by atoms with Crippen LogP contribution >= 0.6 is 0 Å². The summed E-state index contributed by atoms with van der Waals surface area (Å²) in [6.07, 6.45) is 3.35. The molecular weight excluding hydrogens is 236 g/mol. The SMILES string of the molecule is C=CCCCN(C)S(=O)(=O)c1cccc(N)c1. The van der Waals surface area contributed by atoms with Gasteiger partial charge in [0.2, 0.25) is 10.0 Å². The Hall–Kier alpha value is -1.33. The molecule has 0 saturated heterocycles. The minimum atomic E-state index is -3.42. The van der Waals surface area contributed by atoms with Gasteiger partial charge in [0, 0.05) is 19.3 Å². The van der Waals surface area contributed by atoms with Crippen molar-refractivity contribution < 1.29 is 8.42 Å². The third kappa shape index (κ3) is 3.57. The quantitative estimate of drug-likeness (QED) is 0.479. The normalized spacial score (nSPS) is 11.6. The van der Waals surface area contributed by atoms with Crippen LogP contribution in [0.2, 0.25) is 0 Å². The van der Waals surface area contributed by atoms with Crippen LogP contribution in [0.5, 0.6) is 0 Å². The first kappa shape index (κ1) is 13.7. The zero-order valence-electron chi connectivity index (χ0n) is 9.96. The lowest BCUT2D eigenvalue weighted by Crippen LogP contribution is -2.27. The molecule has 1 aromatic carbocycles. The van der Waals surface area contributed by atoms with Gasteiger partial charge < -0.3 is 5.73 Å². The van der Waals surface area contributed by atoms with Gasteiger partial charge in [0.25, 0.3) is 0 Å². The van der Waals surface area contributed by atoms with Gasteiger partial charge in [0.05, 0.1) is 4.90 Å². The molecule has 1 rings (SSSR count). The van der Waals surface area contributed by atoms with Crippen molar-refractivity contribution in [2.45, 2.75) is 17.7 Å². The molecule has 0 spiro atoms. The second-order valence-corrected chi connectivity index (χ2v) is 5.87. The predicted octanol–water partition coefficient (Wildman–Crippen LogP) is 1.86. The number of hydrogen-bond acceptors (Lipinski definition) is 3. The number of benzene rings is 1. The highest BCUT2D eigenvalue weighted by molar-refractivity contribution is 7.89. The van der Waals surface area contributed by atoms with Crippen LogP contribution in [0.25, 0.3) is 0 Å². The number of nitrogen functional groups attached to an aromatic ring is 1. The van der Waals surface area contributed by atoms with Crippen LogP contribution in [0.4, 0.5) is 5.69 Å². The van der Waals surface area contributed by atoms with E-state index in [-0.39, 0.29) is 4.90 Å². The van der Waals surface area contributed by atoms with Crippen molar-refractivity contribution in [1.82, 2.24) is 4.31 Å². The zero-order chi connectivity index (χ0) is 12.9. The summed E-state index contributed by atoms with van der Waals surface area (Å²) >= 11 is 0. The van der Waals surface area contributed by atoms with Gasteiger partial charge in [-0.05, 0) is 31.0 Å². The van der Waals surface area contributed by atoms with Crippen LogP contribution in [0, 0.1) is 0 Å². The van der Waals surface area contributed by atoms with E-state index in [9.17, 15) is 8.42 Å². The molecule has 0 heterocycles. The lowest BCUT2D eigenvalue weighted by atomic mass is 10.3. The predicted molar refractivity (Wildman–Crippen MR) is 70.1 cm³/mol. The van der Waals surface area contributed by atoms with Gasteiger partial charge in [-0.25, -0.2) is 12.7 Å². The van der Waals surface area contributed by atoms with E-state index in [1.54, 1.807) is 31.3 Å². The number of allylic oxidation sites excluding steroid dienone is 1. The zero-order valence-corrected chi connectivity index (χ0v) is 10.8. The van der Waals surface area contributed by atoms with Crippen LogP contribution in [-0.4, -0.2) is 26.3 Å². The molecule has 0 aliphatic heterocycles. The minimum Gasteiger partial charge on any atom is -0.399 e. The molecule has 2 N–H and O–H groups in total. The maximum Gasteiger partial charge on any atom is 0.242 e. The summed E-state index contributed by atoms with van der Waals surface area (Å²) in [7, 11) is -1.85. The molecule has 17 heavy (non-hydrogen) atoms. The van der Waals surface area contributed by atoms with Crippen molar-refractivity contribution in [3.63, 3.8) is 0 Å². The molecule has 94 valence electrons. The Labute approximate surface area is 103 Å². The molecule has 1 aromatic rings. The molecule has 0 bridgehead atoms. The Morgan fingerprint density at radius 1 is 1.47 bits per heavy atom. The van der Waals surface area contributed by atoms with E-state index in [0.29, 0.717) is 12.2 Å². The number of nitrogens with zero attached hydrogens (tertiary/aromatic N) is 1. The highest BCUT2D eigenvalue weighted by Crippen LogP contribution is 2.17. The number of nitrogens with two attached hydrogens (primary N) is 1. The van der Waals surface area contributed by atoms with Crippen molar-refractivity contribution in [1.29, 1.82) is 0 Å². The molecule has 0 unspecified atom stereocenters. The van der Waals surface area contributed by atoms with Crippen LogP contribution in [-0.2, 0) is 10.0 Å². The number of sulfonamides is 1. The van der Waals surface area contributed by atoms with Crippen molar-refractivity contribution in [3.8, 4) is 0 Å². The van der Waals surface area contributed by atoms with Crippen LogP contribution < -0.4 is 5.73 Å². The second-order valence-electron chi connectivity index (χ2n) is 3.83. The second kappa shape index (κ2) is 5.84. The topological polar surface area (TPSA) is 63.4 Å². The largest absolute Gasteiger partial charge is 0.399 e. The lowest BCUT2D eigenvalue weighted by Gasteiger charge is -2.16. The monoisotopic (exact) mass is 254 g/mol. The summed E-state index contributed by atoms with van der Waals surface area (Å²) in [4.78, 5) is 0.235. The van der Waals surface area contributed by atoms with Crippen LogP contribution in [0.3, 0.4) is 0 Å². The lowest BCUT2D eigenvalue weighted by molar-refractivity contribution is 0.463. The van der Waals surface area contributed by atoms with Gasteiger partial charge in [0.15, 0.2) is 0 Å². The van der Waals surface area contributed by atoms with E-state index < -0.39 is 10.0 Å². The molecule has 0 aliphatic carbocycles. The van der Waals surface area contributed by atoms with E-state index in [2.05, 4.69) is 6.58 Å². The number of hydrogen-bond donors (Lipinski definition) is 1. The van der Waals surface area contributed by atoms with Gasteiger partial charge >= 0.3 is 0 Å². The van der Waals surface area contributed by atoms with E-state index >= 15 is 0 Å². The van der Waals surface area contributed by atoms with Gasteiger partial charge in [0.1, 0.15) is 0 Å². The Bertz CT molecular complexity index is 483. The smallest absolute Gasteiger partial charge is 0.242 e. The molecule has 0 fully saturated rings. The summed E-state index contributed by atoms with van der Waals surface area (Å²) in [6.45, 7) is 4.08. The summed E-state index contributed by atoms with van der Waals surface area (Å²) in [5.41, 5.74) is 6.03. The van der Waals surface area contributed by atoms with Crippen molar-refractivity contribution >= 4 is 15.7 Å². The van der Waals surface area contributed by atoms with Gasteiger partial charge in [-0.2, -0.15) is 0 Å². The average molecular weight is 254 g/mol. The number of anilines is 1. The summed E-state index contributed by atoms with van der Waals surface area (Å²) in [6, 6.07) is 6.32. The van der Waals surface area contributed by atoms with E-state index in [1.807, 2.05) is 0 Å². The third-order valence-corrected chi connectivity index (χ3v) is 4.30. The molecule has 0 amide bonds. The first-order chi connectivity index (χ1) is 7.98. The molecule has 0 radical (unpaired) electrons. The minimum absolute atomic E-state index is 0.235. The fourth-order valence-corrected chi connectivity index (χ4v) is 2.70. The van der Waals surface area contributed by atoms with Crippen LogP contribution in [0.1, 0.15) is 12.8 Å². The maximum absolute atomic E-state index is 12.1. The Balaban J connectivity index is 2.83. The molecule has 0 aliphatic rings. The van der Waals surface area contributed by atoms with Crippen molar-refractivity contribution in [2.75, 3.05) is 19.3 Å². The average Bonchev–Trinajstić information content (AvgIpc) is 2.29. The van der Waals surface area contributed by atoms with Gasteiger partial charge in [-0.15, -0.1) is 6.58 Å². The van der Waals surface area contributed by atoms with E-state index in [0.717, 1.165) is 12.8 Å². The third-order valence-electron chi connectivity index (χ3n) is 2.45. The van der Waals surface area contributed by atoms with Crippen LogP contribution in [0.15, 0.2) is 41.8 Å². The van der Waals surface area contributed by atoms with Crippen molar-refractivity contribution in [2.24, 2.45) is 0 Å². The first-order valence-electron chi connectivity index (χ1n) is 5.41. The fourth-order valence-electron chi connectivity index (χ4n) is 1.43. The van der Waals surface area contributed by atoms with E-state index in [1.165, 1.54) is 10.4 Å². The van der Waals surface area contributed by atoms with E-state index in [4.69, 9.17) is 5.73 Å². The summed E-state index contributed by atoms with van der Waals surface area (Å²) < 4.78 is 25.6. The maximum atomic E-state index is 12.1. The summed E-state index contributed by atoms with van der Waals surface area (Å²) in [5, 5.41) is 0. The highest BCUT2D eigenvalue weighted by Gasteiger charge is 2.19. The molecule has 0 aromatic heterocycles. The number of unbranched alkanes of at least 4 members (excludes halogenated alkanes) is 1. The molecule has 4 nitrogen and oxygen atoms in total. The summed E-state index contributed by atoms with van der Waals surface area (Å²) in [5.74, 6) is 0. The number of rotatable bonds is 6. The highest BCUT2D eigenvalue weighted by atomic mass is 32.2. The molecule has 5 heteroatoms. The molecule has 0 atom stereocenters. The van der Waals surface area contributed by atoms with Gasteiger partial charge in [-0.3, -0.25) is 0 Å². The Kier molecular flexibility index (Phi) is 4.72. The van der Waals surface area contributed by atoms with Crippen molar-refractivity contribution in [3.05, 3.63) is 36.9 Å². The first-order valence-corrected chi connectivity index (χ1v) is 6.85. The molecule has 0 saturated carbocycles. The molecular formula is C12H18N2O2S. The Morgan fingerprint density at radius 3 is 2.76 bits per heavy atom. The van der Waals surface area contributed by atoms with Gasteiger partial charge in [-0.1, -0.05) is 12.1 Å². The Morgan fingerprint density at radius 2 is 2.18 bits per heavy atom.